The fraction of sp³-hybridized carbons (Fsp3) is 1.00. The fourth-order valence-corrected chi connectivity index (χ4v) is 1.04. The van der Waals surface area contributed by atoms with Gasteiger partial charge in [0.05, 0.1) is 0 Å². The summed E-state index contributed by atoms with van der Waals surface area (Å²) < 4.78 is 0. The highest BCUT2D eigenvalue weighted by Crippen LogP contribution is 2.29. The first-order valence-electron chi connectivity index (χ1n) is 4.00. The van der Waals surface area contributed by atoms with Gasteiger partial charge in [0, 0.05) is 12.1 Å². The van der Waals surface area contributed by atoms with Crippen LogP contribution in [0, 0.1) is 5.92 Å². The minimum Gasteiger partial charge on any atom is -0.311 e. The zero-order valence-corrected chi connectivity index (χ0v) is 6.65. The van der Waals surface area contributed by atoms with Gasteiger partial charge >= 0.3 is 0 Å². The fourth-order valence-electron chi connectivity index (χ4n) is 1.04. The van der Waals surface area contributed by atoms with Crippen LogP contribution in [-0.2, 0) is 0 Å². The molecule has 1 nitrogen and oxygen atoms in total. The van der Waals surface area contributed by atoms with Crippen LogP contribution in [0.1, 0.15) is 33.6 Å². The van der Waals surface area contributed by atoms with Gasteiger partial charge in [-0.15, -0.1) is 0 Å². The molecular formula is C8H17N. The molecule has 54 valence electrons. The quantitative estimate of drug-likeness (QED) is 0.609. The predicted octanol–water partition coefficient (Wildman–Crippen LogP) is 1.78. The Hall–Kier alpha value is -0.0400. The second kappa shape index (κ2) is 2.70. The number of rotatable bonds is 3. The van der Waals surface area contributed by atoms with E-state index in [1.165, 1.54) is 12.8 Å². The summed E-state index contributed by atoms with van der Waals surface area (Å²) >= 11 is 0. The van der Waals surface area contributed by atoms with Gasteiger partial charge in [-0.2, -0.15) is 0 Å². The van der Waals surface area contributed by atoms with E-state index < -0.39 is 0 Å². The van der Waals surface area contributed by atoms with Crippen LogP contribution in [-0.4, -0.2) is 12.1 Å². The molecule has 3 atom stereocenters. The lowest BCUT2D eigenvalue weighted by atomic mass is 10.2. The van der Waals surface area contributed by atoms with Gasteiger partial charge in [0.15, 0.2) is 0 Å². The van der Waals surface area contributed by atoms with E-state index in [9.17, 15) is 0 Å². The van der Waals surface area contributed by atoms with E-state index in [2.05, 4.69) is 26.1 Å². The van der Waals surface area contributed by atoms with Crippen molar-refractivity contribution in [2.75, 3.05) is 0 Å². The molecule has 0 saturated heterocycles. The Labute approximate surface area is 57.8 Å². The summed E-state index contributed by atoms with van der Waals surface area (Å²) in [6.45, 7) is 6.79. The van der Waals surface area contributed by atoms with Gasteiger partial charge < -0.3 is 5.32 Å². The highest BCUT2D eigenvalue weighted by molar-refractivity contribution is 4.90. The van der Waals surface area contributed by atoms with Gasteiger partial charge in [0.2, 0.25) is 0 Å². The Kier molecular flexibility index (Phi) is 2.12. The van der Waals surface area contributed by atoms with Crippen molar-refractivity contribution in [3.8, 4) is 0 Å². The molecule has 1 heteroatoms. The molecule has 0 spiro atoms. The summed E-state index contributed by atoms with van der Waals surface area (Å²) in [6, 6.07) is 1.57. The number of hydrogen-bond donors (Lipinski definition) is 1. The van der Waals surface area contributed by atoms with Crippen molar-refractivity contribution >= 4 is 0 Å². The smallest absolute Gasteiger partial charge is 0.00988 e. The first-order valence-corrected chi connectivity index (χ1v) is 4.00. The van der Waals surface area contributed by atoms with Crippen LogP contribution in [0.5, 0.6) is 0 Å². The lowest BCUT2D eigenvalue weighted by molar-refractivity contribution is 0.517. The summed E-state index contributed by atoms with van der Waals surface area (Å²) in [6.07, 6.45) is 2.65. The average Bonchev–Trinajstić information content (AvgIpc) is 2.47. The molecule has 1 aliphatic rings. The van der Waals surface area contributed by atoms with Gasteiger partial charge in [0.25, 0.3) is 0 Å². The van der Waals surface area contributed by atoms with Gasteiger partial charge in [-0.1, -0.05) is 13.8 Å². The topological polar surface area (TPSA) is 12.0 Å². The Morgan fingerprint density at radius 1 is 1.67 bits per heavy atom. The Morgan fingerprint density at radius 2 is 2.22 bits per heavy atom. The van der Waals surface area contributed by atoms with Crippen molar-refractivity contribution < 1.29 is 0 Å². The molecule has 0 aromatic heterocycles. The molecule has 1 aliphatic carbocycles. The average molecular weight is 127 g/mol. The number of hydrogen-bond acceptors (Lipinski definition) is 1. The SMILES string of the molecule is CCC(C)NC1C[C@H]1C. The highest BCUT2D eigenvalue weighted by atomic mass is 15.0. The second-order valence-electron chi connectivity index (χ2n) is 3.30. The van der Waals surface area contributed by atoms with Crippen molar-refractivity contribution in [3.63, 3.8) is 0 Å². The number of nitrogens with one attached hydrogen (secondary N) is 1. The largest absolute Gasteiger partial charge is 0.311 e. The molecular weight excluding hydrogens is 110 g/mol. The van der Waals surface area contributed by atoms with Gasteiger partial charge in [0.1, 0.15) is 0 Å². The Bertz CT molecular complexity index is 88.6. The van der Waals surface area contributed by atoms with Crippen LogP contribution in [0.15, 0.2) is 0 Å². The molecule has 1 N–H and O–H groups in total. The van der Waals surface area contributed by atoms with Crippen LogP contribution in [0.3, 0.4) is 0 Å². The zero-order valence-electron chi connectivity index (χ0n) is 6.65. The van der Waals surface area contributed by atoms with Gasteiger partial charge in [-0.05, 0) is 25.7 Å². The summed E-state index contributed by atoms with van der Waals surface area (Å²) in [5.41, 5.74) is 0. The maximum absolute atomic E-state index is 3.55. The predicted molar refractivity (Wildman–Crippen MR) is 40.5 cm³/mol. The molecule has 2 unspecified atom stereocenters. The summed E-state index contributed by atoms with van der Waals surface area (Å²) in [5.74, 6) is 0.944. The molecule has 0 amide bonds. The van der Waals surface area contributed by atoms with Crippen LogP contribution in [0.25, 0.3) is 0 Å². The van der Waals surface area contributed by atoms with E-state index in [-0.39, 0.29) is 0 Å². The van der Waals surface area contributed by atoms with Crippen molar-refractivity contribution in [2.24, 2.45) is 5.92 Å². The minimum absolute atomic E-state index is 0.722. The molecule has 0 radical (unpaired) electrons. The first kappa shape index (κ1) is 7.07. The highest BCUT2D eigenvalue weighted by Gasteiger charge is 2.32. The van der Waals surface area contributed by atoms with Gasteiger partial charge in [-0.25, -0.2) is 0 Å². The van der Waals surface area contributed by atoms with Crippen molar-refractivity contribution in [1.82, 2.24) is 5.32 Å². The zero-order chi connectivity index (χ0) is 6.85. The summed E-state index contributed by atoms with van der Waals surface area (Å²) in [7, 11) is 0. The molecule has 1 fully saturated rings. The third kappa shape index (κ3) is 1.98. The van der Waals surface area contributed by atoms with E-state index >= 15 is 0 Å². The lowest BCUT2D eigenvalue weighted by Gasteiger charge is -2.09. The second-order valence-corrected chi connectivity index (χ2v) is 3.30. The summed E-state index contributed by atoms with van der Waals surface area (Å²) in [4.78, 5) is 0. The molecule has 1 saturated carbocycles. The van der Waals surface area contributed by atoms with Crippen molar-refractivity contribution in [3.05, 3.63) is 0 Å². The van der Waals surface area contributed by atoms with Crippen LogP contribution in [0.2, 0.25) is 0 Å². The molecule has 9 heavy (non-hydrogen) atoms. The molecule has 0 aliphatic heterocycles. The van der Waals surface area contributed by atoms with Crippen LogP contribution >= 0.6 is 0 Å². The monoisotopic (exact) mass is 127 g/mol. The van der Waals surface area contributed by atoms with E-state index in [0.717, 1.165) is 18.0 Å². The summed E-state index contributed by atoms with van der Waals surface area (Å²) in [5, 5.41) is 3.55. The lowest BCUT2D eigenvalue weighted by Crippen LogP contribution is -2.28. The van der Waals surface area contributed by atoms with Crippen molar-refractivity contribution in [1.29, 1.82) is 0 Å². The van der Waals surface area contributed by atoms with E-state index in [1.54, 1.807) is 0 Å². The normalized spacial score (nSPS) is 36.3. The van der Waals surface area contributed by atoms with Crippen molar-refractivity contribution in [2.45, 2.75) is 45.7 Å². The van der Waals surface area contributed by atoms with E-state index in [1.807, 2.05) is 0 Å². The first-order chi connectivity index (χ1) is 4.24. The third-order valence-corrected chi connectivity index (χ3v) is 2.22. The Morgan fingerprint density at radius 3 is 2.56 bits per heavy atom. The standard InChI is InChI=1S/C8H17N/c1-4-7(3)9-8-5-6(8)2/h6-9H,4-5H2,1-3H3/t6-,7?,8?/m1/s1. The molecule has 0 bridgehead atoms. The van der Waals surface area contributed by atoms with Crippen LogP contribution in [0.4, 0.5) is 0 Å². The molecule has 1 rings (SSSR count). The molecule has 0 aromatic rings. The minimum atomic E-state index is 0.722. The maximum Gasteiger partial charge on any atom is 0.00988 e. The third-order valence-electron chi connectivity index (χ3n) is 2.22. The molecule has 0 aromatic carbocycles. The van der Waals surface area contributed by atoms with Crippen LogP contribution < -0.4 is 5.32 Å². The van der Waals surface area contributed by atoms with Gasteiger partial charge in [-0.3, -0.25) is 0 Å². The Balaban J connectivity index is 2.05. The van der Waals surface area contributed by atoms with E-state index in [0.29, 0.717) is 0 Å². The molecule has 0 heterocycles. The maximum atomic E-state index is 3.55. The van der Waals surface area contributed by atoms with E-state index in [4.69, 9.17) is 0 Å².